The van der Waals surface area contributed by atoms with E-state index in [9.17, 15) is 9.90 Å². The van der Waals surface area contributed by atoms with E-state index < -0.39 is 11.4 Å². The number of benzene rings is 1. The molecule has 0 atom stereocenters. The van der Waals surface area contributed by atoms with Gasteiger partial charge < -0.3 is 14.6 Å². The molecule has 2 aliphatic rings. The highest BCUT2D eigenvalue weighted by molar-refractivity contribution is 5.86. The van der Waals surface area contributed by atoms with E-state index >= 15 is 0 Å². The van der Waals surface area contributed by atoms with Crippen molar-refractivity contribution in [3.63, 3.8) is 0 Å². The molecule has 2 saturated carbocycles. The van der Waals surface area contributed by atoms with Gasteiger partial charge in [0.05, 0.1) is 18.6 Å². The van der Waals surface area contributed by atoms with Crippen LogP contribution >= 0.6 is 0 Å². The van der Waals surface area contributed by atoms with Crippen LogP contribution in [0.15, 0.2) is 18.2 Å². The van der Waals surface area contributed by atoms with Crippen molar-refractivity contribution >= 4 is 5.97 Å². The molecular weight excluding hydrogens is 244 g/mol. The van der Waals surface area contributed by atoms with Crippen LogP contribution in [0.4, 0.5) is 0 Å². The number of rotatable bonds is 5. The van der Waals surface area contributed by atoms with E-state index in [1.165, 1.54) is 6.42 Å². The number of ether oxygens (including phenoxy) is 2. The summed E-state index contributed by atoms with van der Waals surface area (Å²) in [7, 11) is 1.57. The first kappa shape index (κ1) is 12.3. The van der Waals surface area contributed by atoms with Crippen molar-refractivity contribution in [2.45, 2.75) is 43.6 Å². The molecule has 0 spiro atoms. The molecule has 1 N–H and O–H groups in total. The highest BCUT2D eigenvalue weighted by Crippen LogP contribution is 2.52. The van der Waals surface area contributed by atoms with Gasteiger partial charge in [0, 0.05) is 5.56 Å². The Bertz CT molecular complexity index is 501. The maximum absolute atomic E-state index is 11.5. The minimum atomic E-state index is -0.772. The molecule has 3 rings (SSSR count). The fraction of sp³-hybridized carbons (Fsp3) is 0.533. The molecule has 4 nitrogen and oxygen atoms in total. The molecule has 0 aromatic heterocycles. The molecule has 0 saturated heterocycles. The van der Waals surface area contributed by atoms with Crippen molar-refractivity contribution < 1.29 is 19.4 Å². The second kappa shape index (κ2) is 4.44. The van der Waals surface area contributed by atoms with Crippen molar-refractivity contribution in [3.8, 4) is 11.5 Å². The molecule has 2 fully saturated rings. The Labute approximate surface area is 112 Å². The number of methoxy groups -OCH3 is 1. The van der Waals surface area contributed by atoms with E-state index in [-0.39, 0.29) is 0 Å². The first-order valence-electron chi connectivity index (χ1n) is 6.74. The lowest BCUT2D eigenvalue weighted by molar-refractivity contribution is -0.140. The monoisotopic (exact) mass is 262 g/mol. The Morgan fingerprint density at radius 3 is 2.58 bits per heavy atom. The number of hydrogen-bond acceptors (Lipinski definition) is 3. The largest absolute Gasteiger partial charge is 0.496 e. The predicted molar refractivity (Wildman–Crippen MR) is 69.8 cm³/mol. The number of aliphatic carboxylic acids is 1. The van der Waals surface area contributed by atoms with Gasteiger partial charge in [0.15, 0.2) is 0 Å². The van der Waals surface area contributed by atoms with E-state index in [1.807, 2.05) is 18.2 Å². The maximum Gasteiger partial charge on any atom is 0.314 e. The summed E-state index contributed by atoms with van der Waals surface area (Å²) >= 11 is 0. The fourth-order valence-electron chi connectivity index (χ4n) is 2.54. The lowest BCUT2D eigenvalue weighted by Gasteiger charge is -2.27. The van der Waals surface area contributed by atoms with E-state index in [4.69, 9.17) is 9.47 Å². The number of carbonyl (C=O) groups is 1. The average Bonchev–Trinajstić information content (AvgIpc) is 3.15. The third kappa shape index (κ3) is 2.05. The minimum absolute atomic E-state index is 0.293. The average molecular weight is 262 g/mol. The highest BCUT2D eigenvalue weighted by atomic mass is 16.5. The topological polar surface area (TPSA) is 55.8 Å². The normalized spacial score (nSPS) is 20.5. The summed E-state index contributed by atoms with van der Waals surface area (Å²) in [6.07, 6.45) is 5.03. The van der Waals surface area contributed by atoms with Crippen LogP contribution in [0, 0.1) is 0 Å². The number of carboxylic acids is 1. The van der Waals surface area contributed by atoms with E-state index in [0.717, 1.165) is 24.2 Å². The van der Waals surface area contributed by atoms with Gasteiger partial charge >= 0.3 is 5.97 Å². The third-order valence-corrected chi connectivity index (χ3v) is 4.20. The van der Waals surface area contributed by atoms with Gasteiger partial charge in [-0.1, -0.05) is 0 Å². The van der Waals surface area contributed by atoms with Gasteiger partial charge in [-0.3, -0.25) is 4.79 Å². The van der Waals surface area contributed by atoms with Gasteiger partial charge in [0.1, 0.15) is 11.5 Å². The molecule has 0 unspecified atom stereocenters. The molecule has 0 amide bonds. The summed E-state index contributed by atoms with van der Waals surface area (Å²) in [6.45, 7) is 0. The zero-order valence-corrected chi connectivity index (χ0v) is 11.0. The smallest absolute Gasteiger partial charge is 0.314 e. The van der Waals surface area contributed by atoms with Crippen LogP contribution in [-0.2, 0) is 10.2 Å². The van der Waals surface area contributed by atoms with Crippen LogP contribution in [-0.4, -0.2) is 24.3 Å². The van der Waals surface area contributed by atoms with Gasteiger partial charge in [0.2, 0.25) is 0 Å². The van der Waals surface area contributed by atoms with Crippen molar-refractivity contribution in [2.75, 3.05) is 7.11 Å². The predicted octanol–water partition coefficient (Wildman–Crippen LogP) is 2.74. The van der Waals surface area contributed by atoms with Crippen LogP contribution in [0.2, 0.25) is 0 Å². The summed E-state index contributed by atoms with van der Waals surface area (Å²) in [5, 5.41) is 9.41. The Kier molecular flexibility index (Phi) is 2.88. The number of hydrogen-bond donors (Lipinski definition) is 1. The quantitative estimate of drug-likeness (QED) is 0.886. The first-order valence-corrected chi connectivity index (χ1v) is 6.74. The Morgan fingerprint density at radius 1 is 1.37 bits per heavy atom. The third-order valence-electron chi connectivity index (χ3n) is 4.20. The molecule has 1 aromatic rings. The Morgan fingerprint density at radius 2 is 2.11 bits per heavy atom. The van der Waals surface area contributed by atoms with E-state index in [0.29, 0.717) is 24.7 Å². The first-order chi connectivity index (χ1) is 9.15. The Hall–Kier alpha value is -1.71. The van der Waals surface area contributed by atoms with Gasteiger partial charge in [-0.2, -0.15) is 0 Å². The molecule has 0 heterocycles. The van der Waals surface area contributed by atoms with Crippen LogP contribution < -0.4 is 9.47 Å². The lowest BCUT2D eigenvalue weighted by atomic mass is 9.94. The SMILES string of the molecule is COc1ccc(OC2CCC2)cc1C1(C(=O)O)CC1. The zero-order chi connectivity index (χ0) is 13.5. The van der Waals surface area contributed by atoms with Crippen molar-refractivity contribution in [1.29, 1.82) is 0 Å². The van der Waals surface area contributed by atoms with Gasteiger partial charge in [-0.25, -0.2) is 0 Å². The molecule has 1 aromatic carbocycles. The highest BCUT2D eigenvalue weighted by Gasteiger charge is 2.53. The molecule has 2 aliphatic carbocycles. The second-order valence-corrected chi connectivity index (χ2v) is 5.42. The molecule has 0 radical (unpaired) electrons. The molecule has 0 bridgehead atoms. The summed E-state index contributed by atoms with van der Waals surface area (Å²) < 4.78 is 11.1. The van der Waals surface area contributed by atoms with Crippen LogP contribution in [0.3, 0.4) is 0 Å². The van der Waals surface area contributed by atoms with Gasteiger partial charge in [0.25, 0.3) is 0 Å². The van der Waals surface area contributed by atoms with Crippen LogP contribution in [0.1, 0.15) is 37.7 Å². The fourth-order valence-corrected chi connectivity index (χ4v) is 2.54. The summed E-state index contributed by atoms with van der Waals surface area (Å²) in [5.41, 5.74) is -0.0102. The van der Waals surface area contributed by atoms with Crippen molar-refractivity contribution in [3.05, 3.63) is 23.8 Å². The van der Waals surface area contributed by atoms with Gasteiger partial charge in [-0.05, 0) is 50.3 Å². The Balaban J connectivity index is 1.91. The lowest BCUT2D eigenvalue weighted by Crippen LogP contribution is -2.25. The van der Waals surface area contributed by atoms with Crippen molar-refractivity contribution in [1.82, 2.24) is 0 Å². The standard InChI is InChI=1S/C15H18O4/c1-18-13-6-5-11(19-10-3-2-4-10)9-12(13)15(7-8-15)14(16)17/h5-6,9-10H,2-4,7-8H2,1H3,(H,16,17). The minimum Gasteiger partial charge on any atom is -0.496 e. The molecule has 0 aliphatic heterocycles. The molecular formula is C15H18O4. The second-order valence-electron chi connectivity index (χ2n) is 5.42. The van der Waals surface area contributed by atoms with E-state index in [2.05, 4.69) is 0 Å². The molecule has 102 valence electrons. The van der Waals surface area contributed by atoms with Crippen LogP contribution in [0.5, 0.6) is 11.5 Å². The maximum atomic E-state index is 11.5. The zero-order valence-electron chi connectivity index (χ0n) is 11.0. The number of carboxylic acid groups (broad SMARTS) is 1. The van der Waals surface area contributed by atoms with Gasteiger partial charge in [-0.15, -0.1) is 0 Å². The summed E-state index contributed by atoms with van der Waals surface area (Å²) in [4.78, 5) is 11.5. The summed E-state index contributed by atoms with van der Waals surface area (Å²) in [5.74, 6) is 0.625. The van der Waals surface area contributed by atoms with Crippen LogP contribution in [0.25, 0.3) is 0 Å². The summed E-state index contributed by atoms with van der Waals surface area (Å²) in [6, 6.07) is 5.52. The van der Waals surface area contributed by atoms with E-state index in [1.54, 1.807) is 7.11 Å². The molecule has 4 heteroatoms. The molecule has 19 heavy (non-hydrogen) atoms. The van der Waals surface area contributed by atoms with Crippen molar-refractivity contribution in [2.24, 2.45) is 0 Å².